The predicted molar refractivity (Wildman–Crippen MR) is 151 cm³/mol. The van der Waals surface area contributed by atoms with E-state index in [4.69, 9.17) is 5.11 Å². The SMILES string of the molecule is Cc1ccc(-c2cc(C(O)/C=C/c3ccc(C(=O)O)cc3)cc(C(C)(C)C)c2N(C)CC(C)C)cc1. The van der Waals surface area contributed by atoms with Crippen molar-refractivity contribution in [3.05, 3.63) is 94.6 Å². The van der Waals surface area contributed by atoms with Crippen molar-refractivity contribution in [3.63, 3.8) is 0 Å². The topological polar surface area (TPSA) is 60.8 Å². The summed E-state index contributed by atoms with van der Waals surface area (Å²) in [6, 6.07) is 19.4. The number of hydrogen-bond donors (Lipinski definition) is 2. The van der Waals surface area contributed by atoms with Gasteiger partial charge >= 0.3 is 5.97 Å². The van der Waals surface area contributed by atoms with Crippen LogP contribution in [0.4, 0.5) is 5.69 Å². The number of hydrogen-bond acceptors (Lipinski definition) is 3. The minimum Gasteiger partial charge on any atom is -0.478 e. The summed E-state index contributed by atoms with van der Waals surface area (Å²) in [5.74, 6) is -0.444. The number of aromatic carboxylic acids is 1. The van der Waals surface area contributed by atoms with Gasteiger partial charge in [-0.05, 0) is 58.7 Å². The van der Waals surface area contributed by atoms with E-state index in [0.717, 1.165) is 28.8 Å². The van der Waals surface area contributed by atoms with Gasteiger partial charge in [0.05, 0.1) is 11.7 Å². The van der Waals surface area contributed by atoms with Crippen molar-refractivity contribution in [1.29, 1.82) is 0 Å². The van der Waals surface area contributed by atoms with E-state index in [9.17, 15) is 9.90 Å². The normalized spacial score (nSPS) is 12.8. The van der Waals surface area contributed by atoms with Crippen LogP contribution in [0.25, 0.3) is 17.2 Å². The van der Waals surface area contributed by atoms with E-state index in [1.54, 1.807) is 30.3 Å². The second-order valence-electron chi connectivity index (χ2n) is 11.1. The zero-order valence-electron chi connectivity index (χ0n) is 22.5. The molecule has 3 rings (SSSR count). The van der Waals surface area contributed by atoms with Crippen LogP contribution >= 0.6 is 0 Å². The Morgan fingerprint density at radius 1 is 1.00 bits per heavy atom. The molecule has 0 heterocycles. The lowest BCUT2D eigenvalue weighted by molar-refractivity contribution is 0.0697. The van der Waals surface area contributed by atoms with Crippen LogP contribution in [-0.4, -0.2) is 29.8 Å². The van der Waals surface area contributed by atoms with E-state index in [1.165, 1.54) is 16.8 Å². The van der Waals surface area contributed by atoms with Crippen LogP contribution in [0, 0.1) is 12.8 Å². The van der Waals surface area contributed by atoms with Crippen LogP contribution in [0.1, 0.15) is 73.3 Å². The number of aliphatic hydroxyl groups excluding tert-OH is 1. The Labute approximate surface area is 215 Å². The van der Waals surface area contributed by atoms with Crippen LogP contribution in [0.2, 0.25) is 0 Å². The summed E-state index contributed by atoms with van der Waals surface area (Å²) in [5, 5.41) is 20.3. The number of carbonyl (C=O) groups is 1. The molecule has 3 aromatic carbocycles. The molecular weight excluding hydrogens is 446 g/mol. The van der Waals surface area contributed by atoms with Crippen molar-refractivity contribution >= 4 is 17.7 Å². The summed E-state index contributed by atoms with van der Waals surface area (Å²) in [6.45, 7) is 14.1. The minimum absolute atomic E-state index is 0.133. The number of anilines is 1. The van der Waals surface area contributed by atoms with E-state index >= 15 is 0 Å². The fourth-order valence-corrected chi connectivity index (χ4v) is 4.45. The summed E-state index contributed by atoms with van der Waals surface area (Å²) >= 11 is 0. The summed E-state index contributed by atoms with van der Waals surface area (Å²) in [6.07, 6.45) is 2.78. The molecule has 0 aliphatic carbocycles. The van der Waals surface area contributed by atoms with Crippen LogP contribution in [0.3, 0.4) is 0 Å². The molecule has 0 aliphatic heterocycles. The number of aryl methyl sites for hydroxylation is 1. The van der Waals surface area contributed by atoms with Gasteiger partial charge in [0, 0.05) is 24.8 Å². The van der Waals surface area contributed by atoms with Gasteiger partial charge in [0.25, 0.3) is 0 Å². The molecule has 190 valence electrons. The van der Waals surface area contributed by atoms with Gasteiger partial charge in [0.1, 0.15) is 0 Å². The maximum Gasteiger partial charge on any atom is 0.335 e. The molecule has 4 nitrogen and oxygen atoms in total. The lowest BCUT2D eigenvalue weighted by atomic mass is 9.81. The average Bonchev–Trinajstić information content (AvgIpc) is 2.81. The third-order valence-corrected chi connectivity index (χ3v) is 6.29. The summed E-state index contributed by atoms with van der Waals surface area (Å²) < 4.78 is 0. The molecule has 3 aromatic rings. The molecule has 0 aromatic heterocycles. The number of nitrogens with zero attached hydrogens (tertiary/aromatic N) is 1. The number of carboxylic acids is 1. The van der Waals surface area contributed by atoms with Crippen LogP contribution in [0.5, 0.6) is 0 Å². The Hall–Kier alpha value is -3.37. The Bertz CT molecular complexity index is 1220. The van der Waals surface area contributed by atoms with Crippen molar-refractivity contribution < 1.29 is 15.0 Å². The van der Waals surface area contributed by atoms with Crippen LogP contribution in [0.15, 0.2) is 66.7 Å². The third kappa shape index (κ3) is 6.64. The Balaban J connectivity index is 2.12. The van der Waals surface area contributed by atoms with Crippen molar-refractivity contribution in [2.75, 3.05) is 18.5 Å². The number of benzene rings is 3. The molecule has 36 heavy (non-hydrogen) atoms. The molecular formula is C32H39NO3. The minimum atomic E-state index is -0.952. The Morgan fingerprint density at radius 2 is 1.61 bits per heavy atom. The summed E-state index contributed by atoms with van der Waals surface area (Å²) in [7, 11) is 2.15. The fraction of sp³-hybridized carbons (Fsp3) is 0.344. The van der Waals surface area contributed by atoms with Gasteiger partial charge in [-0.3, -0.25) is 0 Å². The maximum atomic E-state index is 11.2. The zero-order valence-corrected chi connectivity index (χ0v) is 22.5. The lowest BCUT2D eigenvalue weighted by Crippen LogP contribution is -2.27. The summed E-state index contributed by atoms with van der Waals surface area (Å²) in [5.41, 5.74) is 7.61. The molecule has 0 radical (unpaired) electrons. The van der Waals surface area contributed by atoms with Gasteiger partial charge in [-0.25, -0.2) is 4.79 Å². The first kappa shape index (κ1) is 27.2. The molecule has 1 unspecified atom stereocenters. The lowest BCUT2D eigenvalue weighted by Gasteiger charge is -2.33. The van der Waals surface area contributed by atoms with E-state index in [0.29, 0.717) is 5.92 Å². The highest BCUT2D eigenvalue weighted by Crippen LogP contribution is 2.42. The monoisotopic (exact) mass is 485 g/mol. The highest BCUT2D eigenvalue weighted by atomic mass is 16.4. The third-order valence-electron chi connectivity index (χ3n) is 6.29. The standard InChI is InChI=1S/C32H39NO3/c1-21(2)20-33(7)30-27(24-13-8-22(3)9-14-24)18-26(19-28(30)32(4,5)6)29(34)17-12-23-10-15-25(16-11-23)31(35)36/h8-19,21,29,34H,20H2,1-7H3,(H,35,36)/b17-12+. The van der Waals surface area contributed by atoms with E-state index in [-0.39, 0.29) is 11.0 Å². The van der Waals surface area contributed by atoms with Crippen molar-refractivity contribution in [1.82, 2.24) is 0 Å². The fourth-order valence-electron chi connectivity index (χ4n) is 4.45. The van der Waals surface area contributed by atoms with Crippen molar-refractivity contribution in [2.24, 2.45) is 5.92 Å². The number of aliphatic hydroxyl groups is 1. The van der Waals surface area contributed by atoms with Gasteiger partial charge < -0.3 is 15.1 Å². The second kappa shape index (κ2) is 11.1. The molecule has 4 heteroatoms. The second-order valence-corrected chi connectivity index (χ2v) is 11.1. The van der Waals surface area contributed by atoms with Gasteiger partial charge in [0.15, 0.2) is 0 Å². The van der Waals surface area contributed by atoms with Gasteiger partial charge in [-0.15, -0.1) is 0 Å². The largest absolute Gasteiger partial charge is 0.478 e. The Morgan fingerprint density at radius 3 is 2.14 bits per heavy atom. The molecule has 0 saturated heterocycles. The number of carboxylic acid groups (broad SMARTS) is 1. The molecule has 1 atom stereocenters. The maximum absolute atomic E-state index is 11.2. The Kier molecular flexibility index (Phi) is 8.42. The molecule has 0 amide bonds. The molecule has 0 spiro atoms. The first-order valence-electron chi connectivity index (χ1n) is 12.5. The van der Waals surface area contributed by atoms with Gasteiger partial charge in [0.2, 0.25) is 0 Å². The molecule has 0 aliphatic rings. The zero-order chi connectivity index (χ0) is 26.6. The quantitative estimate of drug-likeness (QED) is 0.347. The van der Waals surface area contributed by atoms with Gasteiger partial charge in [-0.2, -0.15) is 0 Å². The number of rotatable bonds is 8. The smallest absolute Gasteiger partial charge is 0.335 e. The van der Waals surface area contributed by atoms with E-state index in [1.807, 2.05) is 6.08 Å². The first-order chi connectivity index (χ1) is 16.9. The average molecular weight is 486 g/mol. The molecule has 0 bridgehead atoms. The van der Waals surface area contributed by atoms with Gasteiger partial charge in [-0.1, -0.05) is 94.8 Å². The summed E-state index contributed by atoms with van der Waals surface area (Å²) in [4.78, 5) is 13.5. The molecule has 0 saturated carbocycles. The highest BCUT2D eigenvalue weighted by Gasteiger charge is 2.26. The predicted octanol–water partition coefficient (Wildman–Crippen LogP) is 7.50. The van der Waals surface area contributed by atoms with E-state index in [2.05, 4.69) is 89.9 Å². The van der Waals surface area contributed by atoms with Crippen LogP contribution in [-0.2, 0) is 5.41 Å². The highest BCUT2D eigenvalue weighted by molar-refractivity contribution is 5.87. The van der Waals surface area contributed by atoms with E-state index < -0.39 is 12.1 Å². The van der Waals surface area contributed by atoms with Crippen molar-refractivity contribution in [3.8, 4) is 11.1 Å². The first-order valence-corrected chi connectivity index (χ1v) is 12.5. The molecule has 0 fully saturated rings. The van der Waals surface area contributed by atoms with Crippen LogP contribution < -0.4 is 4.90 Å². The van der Waals surface area contributed by atoms with Crippen molar-refractivity contribution in [2.45, 2.75) is 53.1 Å². The molecule has 2 N–H and O–H groups in total.